The van der Waals surface area contributed by atoms with Gasteiger partial charge in [-0.25, -0.2) is 8.42 Å². The van der Waals surface area contributed by atoms with Gasteiger partial charge in [0.25, 0.3) is 0 Å². The molecule has 0 atom stereocenters. The first-order valence-electron chi connectivity index (χ1n) is 5.69. The van der Waals surface area contributed by atoms with E-state index in [4.69, 9.17) is 0 Å². The summed E-state index contributed by atoms with van der Waals surface area (Å²) in [5, 5.41) is 9.35. The number of hydrogen-bond donors (Lipinski definition) is 1. The van der Waals surface area contributed by atoms with E-state index in [1.54, 1.807) is 4.90 Å². The molecule has 0 aromatic heterocycles. The predicted molar refractivity (Wildman–Crippen MR) is 64.7 cm³/mol. The summed E-state index contributed by atoms with van der Waals surface area (Å²) in [6.07, 6.45) is 0. The average Bonchev–Trinajstić information content (AvgIpc) is 2.68. The lowest BCUT2D eigenvalue weighted by Crippen LogP contribution is -2.68. The van der Waals surface area contributed by atoms with Crippen LogP contribution in [0.15, 0.2) is 24.3 Å². The van der Waals surface area contributed by atoms with E-state index >= 15 is 0 Å². The van der Waals surface area contributed by atoms with Crippen molar-refractivity contribution in [3.05, 3.63) is 35.4 Å². The highest BCUT2D eigenvalue weighted by Gasteiger charge is 2.59. The molecule has 5 nitrogen and oxygen atoms in total. The summed E-state index contributed by atoms with van der Waals surface area (Å²) in [7, 11) is -3.18. The van der Waals surface area contributed by atoms with E-state index in [2.05, 4.69) is 0 Å². The Morgan fingerprint density at radius 1 is 1.17 bits per heavy atom. The zero-order valence-corrected chi connectivity index (χ0v) is 10.5. The van der Waals surface area contributed by atoms with Crippen LogP contribution in [0.3, 0.4) is 0 Å². The monoisotopic (exact) mass is 267 g/mol. The lowest BCUT2D eigenvalue weighted by molar-refractivity contribution is -0.150. The van der Waals surface area contributed by atoms with E-state index in [9.17, 15) is 18.3 Å². The van der Waals surface area contributed by atoms with E-state index in [1.807, 2.05) is 24.3 Å². The topological polar surface area (TPSA) is 74.7 Å². The third kappa shape index (κ3) is 1.56. The number of rotatable bonds is 2. The first-order chi connectivity index (χ1) is 8.43. The number of sulfone groups is 1. The van der Waals surface area contributed by atoms with Crippen LogP contribution in [0.4, 0.5) is 0 Å². The number of hydrogen-bond acceptors (Lipinski definition) is 4. The lowest BCUT2D eigenvalue weighted by atomic mass is 10.0. The van der Waals surface area contributed by atoms with Crippen LogP contribution < -0.4 is 0 Å². The van der Waals surface area contributed by atoms with Crippen LogP contribution in [0.1, 0.15) is 11.1 Å². The van der Waals surface area contributed by atoms with Crippen molar-refractivity contribution in [3.63, 3.8) is 0 Å². The van der Waals surface area contributed by atoms with Crippen molar-refractivity contribution < 1.29 is 18.3 Å². The molecular weight excluding hydrogens is 254 g/mol. The maximum Gasteiger partial charge on any atom is 0.326 e. The molecule has 3 rings (SSSR count). The Kier molecular flexibility index (Phi) is 2.30. The molecule has 1 fully saturated rings. The maximum absolute atomic E-state index is 11.4. The van der Waals surface area contributed by atoms with Crippen molar-refractivity contribution in [3.8, 4) is 0 Å². The molecule has 96 valence electrons. The van der Waals surface area contributed by atoms with Gasteiger partial charge in [0.2, 0.25) is 0 Å². The Morgan fingerprint density at radius 2 is 1.67 bits per heavy atom. The van der Waals surface area contributed by atoms with Gasteiger partial charge in [0.1, 0.15) is 5.54 Å². The third-order valence-electron chi connectivity index (χ3n) is 3.76. The molecule has 0 aliphatic carbocycles. The predicted octanol–water partition coefficient (Wildman–Crippen LogP) is 0.254. The molecular formula is C12H13NO4S. The molecule has 0 spiro atoms. The summed E-state index contributed by atoms with van der Waals surface area (Å²) in [5.74, 6) is -1.59. The summed E-state index contributed by atoms with van der Waals surface area (Å²) >= 11 is 0. The minimum atomic E-state index is -3.18. The molecule has 18 heavy (non-hydrogen) atoms. The summed E-state index contributed by atoms with van der Waals surface area (Å²) < 4.78 is 22.7. The van der Waals surface area contributed by atoms with Crippen LogP contribution in [0, 0.1) is 0 Å². The molecule has 0 amide bonds. The molecule has 0 saturated carbocycles. The fourth-order valence-corrected chi connectivity index (χ4v) is 4.75. The number of carboxylic acids is 1. The third-order valence-corrected chi connectivity index (χ3v) is 5.60. The minimum Gasteiger partial charge on any atom is -0.480 e. The van der Waals surface area contributed by atoms with Gasteiger partial charge in [-0.1, -0.05) is 24.3 Å². The molecule has 0 unspecified atom stereocenters. The number of nitrogens with zero attached hydrogens (tertiary/aromatic N) is 1. The fourth-order valence-electron chi connectivity index (χ4n) is 2.76. The van der Waals surface area contributed by atoms with Crippen molar-refractivity contribution >= 4 is 15.8 Å². The highest BCUT2D eigenvalue weighted by molar-refractivity contribution is 7.93. The molecule has 1 aromatic rings. The maximum atomic E-state index is 11.4. The summed E-state index contributed by atoms with van der Waals surface area (Å²) in [4.78, 5) is 13.2. The molecule has 2 aliphatic rings. The van der Waals surface area contributed by atoms with Crippen LogP contribution >= 0.6 is 0 Å². The van der Waals surface area contributed by atoms with Crippen LogP contribution in [0.2, 0.25) is 0 Å². The number of benzene rings is 1. The van der Waals surface area contributed by atoms with Crippen molar-refractivity contribution in [2.45, 2.75) is 18.6 Å². The van der Waals surface area contributed by atoms with Crippen molar-refractivity contribution in [2.24, 2.45) is 0 Å². The van der Waals surface area contributed by atoms with Gasteiger partial charge in [-0.3, -0.25) is 9.69 Å². The molecule has 0 bridgehead atoms. The van der Waals surface area contributed by atoms with E-state index in [1.165, 1.54) is 0 Å². The summed E-state index contributed by atoms with van der Waals surface area (Å²) in [6, 6.07) is 7.73. The van der Waals surface area contributed by atoms with E-state index < -0.39 is 21.3 Å². The normalized spacial score (nSPS) is 24.2. The number of carboxylic acid groups (broad SMARTS) is 1. The summed E-state index contributed by atoms with van der Waals surface area (Å²) in [5.41, 5.74) is 0.947. The van der Waals surface area contributed by atoms with Gasteiger partial charge >= 0.3 is 5.97 Å². The lowest BCUT2D eigenvalue weighted by Gasteiger charge is -2.43. The Bertz CT molecular complexity index is 586. The van der Waals surface area contributed by atoms with Gasteiger partial charge in [-0.15, -0.1) is 0 Å². The average molecular weight is 267 g/mol. The number of fused-ring (bicyclic) bond motifs is 1. The first-order valence-corrected chi connectivity index (χ1v) is 7.51. The van der Waals surface area contributed by atoms with Gasteiger partial charge in [0.05, 0.1) is 11.5 Å². The quantitative estimate of drug-likeness (QED) is 0.831. The second kappa shape index (κ2) is 3.55. The molecule has 1 aromatic carbocycles. The van der Waals surface area contributed by atoms with E-state index in [0.717, 1.165) is 11.1 Å². The highest BCUT2D eigenvalue weighted by Crippen LogP contribution is 2.37. The fraction of sp³-hybridized carbons (Fsp3) is 0.417. The first kappa shape index (κ1) is 11.7. The Labute approximate surface area is 105 Å². The van der Waals surface area contributed by atoms with E-state index in [-0.39, 0.29) is 11.5 Å². The second-order valence-corrected chi connectivity index (χ2v) is 7.06. The van der Waals surface area contributed by atoms with Crippen molar-refractivity contribution in [1.82, 2.24) is 4.90 Å². The Balaban J connectivity index is 1.91. The molecule has 1 N–H and O–H groups in total. The van der Waals surface area contributed by atoms with Gasteiger partial charge < -0.3 is 5.11 Å². The minimum absolute atomic E-state index is 0.274. The van der Waals surface area contributed by atoms with Crippen LogP contribution in [0.5, 0.6) is 0 Å². The van der Waals surface area contributed by atoms with Gasteiger partial charge in [-0.05, 0) is 11.1 Å². The number of aliphatic carboxylic acids is 1. The largest absolute Gasteiger partial charge is 0.480 e. The van der Waals surface area contributed by atoms with Crippen molar-refractivity contribution in [2.75, 3.05) is 11.5 Å². The molecule has 6 heteroatoms. The molecule has 2 heterocycles. The molecule has 2 aliphatic heterocycles. The standard InChI is InChI=1S/C12H13NO4S/c14-11(15)12(7-18(16,17)8-12)13-5-9-3-1-2-4-10(9)6-13/h1-4H,5-8H2,(H,14,15). The Hall–Kier alpha value is -1.40. The van der Waals surface area contributed by atoms with Crippen LogP contribution in [-0.2, 0) is 27.7 Å². The van der Waals surface area contributed by atoms with Crippen molar-refractivity contribution in [1.29, 1.82) is 0 Å². The zero-order chi connectivity index (χ0) is 13.0. The highest BCUT2D eigenvalue weighted by atomic mass is 32.2. The van der Waals surface area contributed by atoms with Gasteiger partial charge in [-0.2, -0.15) is 0 Å². The van der Waals surface area contributed by atoms with Gasteiger partial charge in [0, 0.05) is 13.1 Å². The molecule has 0 radical (unpaired) electrons. The smallest absolute Gasteiger partial charge is 0.326 e. The van der Waals surface area contributed by atoms with Crippen LogP contribution in [0.25, 0.3) is 0 Å². The zero-order valence-electron chi connectivity index (χ0n) is 9.67. The molecule has 1 saturated heterocycles. The number of carbonyl (C=O) groups is 1. The SMILES string of the molecule is O=C(O)C1(N2Cc3ccccc3C2)CS(=O)(=O)C1. The second-order valence-electron chi connectivity index (χ2n) is 4.99. The van der Waals surface area contributed by atoms with E-state index in [0.29, 0.717) is 13.1 Å². The Morgan fingerprint density at radius 3 is 2.06 bits per heavy atom. The van der Waals surface area contributed by atoms with Gasteiger partial charge in [0.15, 0.2) is 9.84 Å². The van der Waals surface area contributed by atoms with Crippen LogP contribution in [-0.4, -0.2) is 41.4 Å². The summed E-state index contributed by atoms with van der Waals surface area (Å²) in [6.45, 7) is 1.02.